The van der Waals surface area contributed by atoms with Crippen molar-refractivity contribution in [2.24, 2.45) is 4.99 Å². The Morgan fingerprint density at radius 1 is 1.23 bits per heavy atom. The first kappa shape index (κ1) is 15.9. The average molecular weight is 308 g/mol. The van der Waals surface area contributed by atoms with E-state index >= 15 is 0 Å². The van der Waals surface area contributed by atoms with E-state index in [-0.39, 0.29) is 12.1 Å². The van der Waals surface area contributed by atoms with Crippen LogP contribution in [0.25, 0.3) is 0 Å². The topological polar surface area (TPSA) is 62.5 Å². The zero-order valence-corrected chi connectivity index (χ0v) is 12.7. The molecule has 0 aliphatic carbocycles. The van der Waals surface area contributed by atoms with E-state index in [9.17, 15) is 8.78 Å². The number of aryl methyl sites for hydroxylation is 2. The van der Waals surface area contributed by atoms with E-state index in [1.807, 2.05) is 13.8 Å². The summed E-state index contributed by atoms with van der Waals surface area (Å²) < 4.78 is 31.7. The van der Waals surface area contributed by atoms with E-state index in [4.69, 9.17) is 4.52 Å². The molecule has 0 saturated heterocycles. The van der Waals surface area contributed by atoms with Crippen molar-refractivity contribution in [2.75, 3.05) is 7.05 Å². The van der Waals surface area contributed by atoms with E-state index in [0.29, 0.717) is 12.5 Å². The molecule has 2 aromatic rings. The first-order valence-corrected chi connectivity index (χ1v) is 6.81. The molecule has 1 aromatic carbocycles. The molecule has 5 nitrogen and oxygen atoms in total. The monoisotopic (exact) mass is 308 g/mol. The van der Waals surface area contributed by atoms with Gasteiger partial charge in [-0.25, -0.2) is 8.78 Å². The first-order valence-electron chi connectivity index (χ1n) is 6.81. The van der Waals surface area contributed by atoms with Gasteiger partial charge >= 0.3 is 0 Å². The van der Waals surface area contributed by atoms with Gasteiger partial charge < -0.3 is 15.2 Å². The molecule has 7 heteroatoms. The summed E-state index contributed by atoms with van der Waals surface area (Å²) in [5.41, 5.74) is 1.98. The van der Waals surface area contributed by atoms with Crippen molar-refractivity contribution < 1.29 is 13.3 Å². The van der Waals surface area contributed by atoms with Gasteiger partial charge in [0.15, 0.2) is 5.96 Å². The summed E-state index contributed by atoms with van der Waals surface area (Å²) in [6.45, 7) is 4.29. The fourth-order valence-corrected chi connectivity index (χ4v) is 2.00. The molecule has 0 saturated carbocycles. The second-order valence-electron chi connectivity index (χ2n) is 4.82. The summed E-state index contributed by atoms with van der Waals surface area (Å²) in [4.78, 5) is 4.04. The molecular weight excluding hydrogens is 290 g/mol. The van der Waals surface area contributed by atoms with Gasteiger partial charge in [0.05, 0.1) is 5.69 Å². The van der Waals surface area contributed by atoms with Crippen molar-refractivity contribution in [3.05, 3.63) is 52.4 Å². The molecule has 22 heavy (non-hydrogen) atoms. The van der Waals surface area contributed by atoms with E-state index in [2.05, 4.69) is 20.8 Å². The van der Waals surface area contributed by atoms with Crippen LogP contribution >= 0.6 is 0 Å². The lowest BCUT2D eigenvalue weighted by molar-refractivity contribution is 0.392. The molecule has 0 fully saturated rings. The number of aliphatic imine (C=N–C) groups is 1. The SMILES string of the molecule is CN=C(NCc1cc(F)ccc1F)NCc1c(C)noc1C. The van der Waals surface area contributed by atoms with Gasteiger partial charge in [-0.2, -0.15) is 0 Å². The van der Waals surface area contributed by atoms with Crippen molar-refractivity contribution in [3.8, 4) is 0 Å². The van der Waals surface area contributed by atoms with Gasteiger partial charge in [-0.15, -0.1) is 0 Å². The highest BCUT2D eigenvalue weighted by Crippen LogP contribution is 2.11. The predicted octanol–water partition coefficient (Wildman–Crippen LogP) is 2.43. The number of rotatable bonds is 4. The Hall–Kier alpha value is -2.44. The van der Waals surface area contributed by atoms with Crippen LogP contribution in [0.15, 0.2) is 27.7 Å². The quantitative estimate of drug-likeness (QED) is 0.673. The van der Waals surface area contributed by atoms with Gasteiger partial charge in [-0.05, 0) is 32.0 Å². The molecule has 1 aromatic heterocycles. The van der Waals surface area contributed by atoms with Crippen LogP contribution in [0.1, 0.15) is 22.6 Å². The first-order chi connectivity index (χ1) is 10.5. The summed E-state index contributed by atoms with van der Waals surface area (Å²) in [6, 6.07) is 3.35. The highest BCUT2D eigenvalue weighted by Gasteiger charge is 2.10. The van der Waals surface area contributed by atoms with E-state index in [1.165, 1.54) is 0 Å². The maximum atomic E-state index is 13.6. The predicted molar refractivity (Wildman–Crippen MR) is 79.4 cm³/mol. The Bertz CT molecular complexity index is 663. The third-order valence-corrected chi connectivity index (χ3v) is 3.29. The summed E-state index contributed by atoms with van der Waals surface area (Å²) in [6.07, 6.45) is 0. The van der Waals surface area contributed by atoms with Crippen molar-refractivity contribution >= 4 is 5.96 Å². The van der Waals surface area contributed by atoms with Crippen LogP contribution in [0.3, 0.4) is 0 Å². The Kier molecular flexibility index (Phi) is 5.08. The fourth-order valence-electron chi connectivity index (χ4n) is 2.00. The number of guanidine groups is 1. The number of nitrogens with zero attached hydrogens (tertiary/aromatic N) is 2. The van der Waals surface area contributed by atoms with Crippen LogP contribution in [0, 0.1) is 25.5 Å². The summed E-state index contributed by atoms with van der Waals surface area (Å²) in [7, 11) is 1.60. The van der Waals surface area contributed by atoms with Crippen molar-refractivity contribution in [3.63, 3.8) is 0 Å². The van der Waals surface area contributed by atoms with Gasteiger partial charge in [-0.1, -0.05) is 5.16 Å². The average Bonchev–Trinajstić information content (AvgIpc) is 2.82. The third-order valence-electron chi connectivity index (χ3n) is 3.29. The number of aromatic nitrogens is 1. The highest BCUT2D eigenvalue weighted by atomic mass is 19.1. The minimum Gasteiger partial charge on any atom is -0.361 e. The molecular formula is C15H18F2N4O. The molecule has 2 rings (SSSR count). The zero-order valence-electron chi connectivity index (χ0n) is 12.7. The summed E-state index contributed by atoms with van der Waals surface area (Å²) in [5.74, 6) is 0.271. The standard InChI is InChI=1S/C15H18F2N4O/c1-9-13(10(2)22-21-9)8-20-15(18-3)19-7-11-6-12(16)4-5-14(11)17/h4-6H,7-8H2,1-3H3,(H2,18,19,20). The number of benzene rings is 1. The molecule has 0 bridgehead atoms. The van der Waals surface area contributed by atoms with Crippen molar-refractivity contribution in [1.29, 1.82) is 0 Å². The van der Waals surface area contributed by atoms with E-state index < -0.39 is 11.6 Å². The zero-order chi connectivity index (χ0) is 16.1. The van der Waals surface area contributed by atoms with Crippen LogP contribution in [-0.4, -0.2) is 18.2 Å². The van der Waals surface area contributed by atoms with Gasteiger partial charge in [0, 0.05) is 31.3 Å². The van der Waals surface area contributed by atoms with Crippen LogP contribution in [0.4, 0.5) is 8.78 Å². The van der Waals surface area contributed by atoms with Crippen molar-refractivity contribution in [2.45, 2.75) is 26.9 Å². The Labute approximate surface area is 127 Å². The minimum absolute atomic E-state index is 0.130. The molecule has 1 heterocycles. The molecule has 2 N–H and O–H groups in total. The normalized spacial score (nSPS) is 11.6. The molecule has 0 spiro atoms. The van der Waals surface area contributed by atoms with Crippen molar-refractivity contribution in [1.82, 2.24) is 15.8 Å². The Morgan fingerprint density at radius 3 is 2.59 bits per heavy atom. The molecule has 0 aliphatic heterocycles. The maximum absolute atomic E-state index is 13.6. The van der Waals surface area contributed by atoms with Gasteiger partial charge in [0.25, 0.3) is 0 Å². The summed E-state index contributed by atoms with van der Waals surface area (Å²) >= 11 is 0. The third kappa shape index (κ3) is 3.81. The van der Waals surface area contributed by atoms with E-state index in [0.717, 1.165) is 35.2 Å². The largest absolute Gasteiger partial charge is 0.361 e. The van der Waals surface area contributed by atoms with Gasteiger partial charge in [-0.3, -0.25) is 4.99 Å². The second-order valence-corrected chi connectivity index (χ2v) is 4.82. The lowest BCUT2D eigenvalue weighted by Gasteiger charge is -2.12. The van der Waals surface area contributed by atoms with Crippen LogP contribution in [0.5, 0.6) is 0 Å². The molecule has 118 valence electrons. The highest BCUT2D eigenvalue weighted by molar-refractivity contribution is 5.79. The molecule has 0 radical (unpaired) electrons. The van der Waals surface area contributed by atoms with Crippen LogP contribution in [-0.2, 0) is 13.1 Å². The number of hydrogen-bond donors (Lipinski definition) is 2. The molecule has 0 atom stereocenters. The lowest BCUT2D eigenvalue weighted by Crippen LogP contribution is -2.36. The smallest absolute Gasteiger partial charge is 0.191 e. The minimum atomic E-state index is -0.475. The number of nitrogens with one attached hydrogen (secondary N) is 2. The Morgan fingerprint density at radius 2 is 1.95 bits per heavy atom. The number of halogens is 2. The second kappa shape index (κ2) is 7.02. The van der Waals surface area contributed by atoms with Crippen LogP contribution in [0.2, 0.25) is 0 Å². The molecule has 0 amide bonds. The van der Waals surface area contributed by atoms with Gasteiger partial charge in [0.2, 0.25) is 0 Å². The van der Waals surface area contributed by atoms with E-state index in [1.54, 1.807) is 7.05 Å². The Balaban J connectivity index is 1.94. The maximum Gasteiger partial charge on any atom is 0.191 e. The molecule has 0 aliphatic rings. The molecule has 0 unspecified atom stereocenters. The lowest BCUT2D eigenvalue weighted by atomic mass is 10.2. The van der Waals surface area contributed by atoms with Gasteiger partial charge in [0.1, 0.15) is 17.4 Å². The summed E-state index contributed by atoms with van der Waals surface area (Å²) in [5, 5.41) is 9.89. The fraction of sp³-hybridized carbons (Fsp3) is 0.333. The van der Waals surface area contributed by atoms with Crippen LogP contribution < -0.4 is 10.6 Å². The number of hydrogen-bond acceptors (Lipinski definition) is 3.